The van der Waals surface area contributed by atoms with Gasteiger partial charge in [-0.05, 0) is 42.5 Å². The molecule has 0 spiro atoms. The fraction of sp³-hybridized carbons (Fsp3) is 0.280. The van der Waals surface area contributed by atoms with Gasteiger partial charge in [-0.2, -0.15) is 0 Å². The summed E-state index contributed by atoms with van der Waals surface area (Å²) in [6.07, 6.45) is 6.24. The van der Waals surface area contributed by atoms with E-state index in [4.69, 9.17) is 9.84 Å². The standard InChI is InChI=1S/C25H27NO4S/c27-22(17-19-9-3-1-4-10-19)25-26-21(18-31-25)12-5-2-8-16-30-23-13-7-6-11-20(23)14-15-24(28)29/h1,3-7,9-13,18,22,27H,2,8,14-17H2,(H,28,29)/b12-5+. The highest BCUT2D eigenvalue weighted by molar-refractivity contribution is 7.09. The molecule has 1 heterocycles. The molecule has 162 valence electrons. The number of hydrogen-bond donors (Lipinski definition) is 2. The lowest BCUT2D eigenvalue weighted by Gasteiger charge is -2.10. The zero-order chi connectivity index (χ0) is 21.9. The highest BCUT2D eigenvalue weighted by atomic mass is 32.1. The van der Waals surface area contributed by atoms with Crippen molar-refractivity contribution in [2.75, 3.05) is 6.61 Å². The second kappa shape index (κ2) is 12.0. The first-order valence-corrected chi connectivity index (χ1v) is 11.3. The molecule has 1 aromatic heterocycles. The van der Waals surface area contributed by atoms with E-state index in [0.717, 1.165) is 40.4 Å². The van der Waals surface area contributed by atoms with Crippen LogP contribution in [0.5, 0.6) is 5.75 Å². The number of carbonyl (C=O) groups is 1. The highest BCUT2D eigenvalue weighted by Gasteiger charge is 2.12. The lowest BCUT2D eigenvalue weighted by atomic mass is 10.1. The van der Waals surface area contributed by atoms with Crippen LogP contribution in [0.15, 0.2) is 66.1 Å². The zero-order valence-electron chi connectivity index (χ0n) is 17.3. The number of para-hydroxylation sites is 1. The van der Waals surface area contributed by atoms with E-state index >= 15 is 0 Å². The van der Waals surface area contributed by atoms with Gasteiger partial charge in [-0.1, -0.05) is 54.6 Å². The highest BCUT2D eigenvalue weighted by Crippen LogP contribution is 2.23. The Morgan fingerprint density at radius 2 is 1.90 bits per heavy atom. The van der Waals surface area contributed by atoms with Gasteiger partial charge in [0.05, 0.1) is 12.3 Å². The Bertz CT molecular complexity index is 984. The average Bonchev–Trinajstić information content (AvgIpc) is 3.25. The van der Waals surface area contributed by atoms with Crippen molar-refractivity contribution < 1.29 is 19.7 Å². The molecule has 2 N–H and O–H groups in total. The van der Waals surface area contributed by atoms with Crippen molar-refractivity contribution in [3.63, 3.8) is 0 Å². The molecule has 6 heteroatoms. The second-order valence-corrected chi connectivity index (χ2v) is 8.10. The summed E-state index contributed by atoms with van der Waals surface area (Å²) in [6, 6.07) is 17.5. The van der Waals surface area contributed by atoms with Crippen LogP contribution in [0, 0.1) is 0 Å². The molecule has 1 atom stereocenters. The van der Waals surface area contributed by atoms with Gasteiger partial charge in [0, 0.05) is 18.2 Å². The first kappa shape index (κ1) is 22.7. The number of aliphatic hydroxyl groups excluding tert-OH is 1. The molecule has 3 rings (SSSR count). The van der Waals surface area contributed by atoms with Crippen molar-refractivity contribution in [2.24, 2.45) is 0 Å². The molecule has 0 aliphatic heterocycles. The van der Waals surface area contributed by atoms with E-state index in [1.165, 1.54) is 11.3 Å². The Morgan fingerprint density at radius 1 is 1.13 bits per heavy atom. The predicted octanol–water partition coefficient (Wildman–Crippen LogP) is 5.31. The van der Waals surface area contributed by atoms with Gasteiger partial charge in [-0.25, -0.2) is 4.98 Å². The fourth-order valence-corrected chi connectivity index (χ4v) is 3.91. The normalized spacial score (nSPS) is 12.2. The van der Waals surface area contributed by atoms with Crippen LogP contribution in [0.4, 0.5) is 0 Å². The maximum atomic E-state index is 10.8. The van der Waals surface area contributed by atoms with Crippen LogP contribution >= 0.6 is 11.3 Å². The molecule has 0 saturated heterocycles. The lowest BCUT2D eigenvalue weighted by molar-refractivity contribution is -0.136. The van der Waals surface area contributed by atoms with E-state index in [9.17, 15) is 9.90 Å². The number of aliphatic hydroxyl groups is 1. The number of thiazole rings is 1. The third-order valence-corrected chi connectivity index (χ3v) is 5.70. The van der Waals surface area contributed by atoms with E-state index in [-0.39, 0.29) is 6.42 Å². The van der Waals surface area contributed by atoms with Gasteiger partial charge in [0.25, 0.3) is 0 Å². The molecule has 5 nitrogen and oxygen atoms in total. The van der Waals surface area contributed by atoms with Crippen LogP contribution in [-0.2, 0) is 17.6 Å². The number of aryl methyl sites for hydroxylation is 1. The summed E-state index contributed by atoms with van der Waals surface area (Å²) < 4.78 is 5.84. The molecule has 0 aliphatic rings. The Hall–Kier alpha value is -2.96. The van der Waals surface area contributed by atoms with E-state index in [1.54, 1.807) is 0 Å². The van der Waals surface area contributed by atoms with Crippen LogP contribution in [0.25, 0.3) is 6.08 Å². The third kappa shape index (κ3) is 7.66. The predicted molar refractivity (Wildman–Crippen MR) is 123 cm³/mol. The largest absolute Gasteiger partial charge is 0.493 e. The summed E-state index contributed by atoms with van der Waals surface area (Å²) >= 11 is 1.47. The molecule has 0 amide bonds. The van der Waals surface area contributed by atoms with Gasteiger partial charge in [0.1, 0.15) is 16.9 Å². The first-order valence-electron chi connectivity index (χ1n) is 10.4. The molecule has 3 aromatic rings. The number of carboxylic acids is 1. The Kier molecular flexibility index (Phi) is 8.82. The summed E-state index contributed by atoms with van der Waals surface area (Å²) in [4.78, 5) is 15.3. The van der Waals surface area contributed by atoms with Crippen molar-refractivity contribution in [1.82, 2.24) is 4.98 Å². The molecular formula is C25H27NO4S. The van der Waals surface area contributed by atoms with Crippen molar-refractivity contribution in [2.45, 2.75) is 38.2 Å². The van der Waals surface area contributed by atoms with Gasteiger partial charge in [0.15, 0.2) is 0 Å². The van der Waals surface area contributed by atoms with Gasteiger partial charge >= 0.3 is 5.97 Å². The number of aliphatic carboxylic acids is 1. The summed E-state index contributed by atoms with van der Waals surface area (Å²) in [5.41, 5.74) is 2.86. The summed E-state index contributed by atoms with van der Waals surface area (Å²) in [5, 5.41) is 21.9. The summed E-state index contributed by atoms with van der Waals surface area (Å²) in [5.74, 6) is -0.0537. The quantitative estimate of drug-likeness (QED) is 0.376. The topological polar surface area (TPSA) is 79.7 Å². The monoisotopic (exact) mass is 437 g/mol. The van der Waals surface area contributed by atoms with E-state index in [2.05, 4.69) is 11.1 Å². The van der Waals surface area contributed by atoms with Crippen LogP contribution in [0.2, 0.25) is 0 Å². The lowest BCUT2D eigenvalue weighted by Crippen LogP contribution is -2.02. The number of hydrogen-bond acceptors (Lipinski definition) is 5. The Balaban J connectivity index is 1.41. The molecule has 0 radical (unpaired) electrons. The Labute approximate surface area is 186 Å². The number of rotatable bonds is 12. The molecule has 0 saturated carbocycles. The second-order valence-electron chi connectivity index (χ2n) is 7.21. The molecule has 31 heavy (non-hydrogen) atoms. The minimum atomic E-state index is -0.808. The van der Waals surface area contributed by atoms with E-state index in [0.29, 0.717) is 19.4 Å². The van der Waals surface area contributed by atoms with Crippen molar-refractivity contribution >= 4 is 23.4 Å². The van der Waals surface area contributed by atoms with Gasteiger partial charge in [-0.15, -0.1) is 11.3 Å². The number of aromatic nitrogens is 1. The van der Waals surface area contributed by atoms with Crippen molar-refractivity contribution in [3.8, 4) is 5.75 Å². The molecular weight excluding hydrogens is 410 g/mol. The van der Waals surface area contributed by atoms with Gasteiger partial charge in [-0.3, -0.25) is 4.79 Å². The van der Waals surface area contributed by atoms with Crippen molar-refractivity contribution in [1.29, 1.82) is 0 Å². The van der Waals surface area contributed by atoms with Crippen molar-refractivity contribution in [3.05, 3.63) is 87.9 Å². The summed E-state index contributed by atoms with van der Waals surface area (Å²) in [6.45, 7) is 0.562. The SMILES string of the molecule is O=C(O)CCc1ccccc1OCCC/C=C/c1csc(C(O)Cc2ccccc2)n1. The fourth-order valence-electron chi connectivity index (χ4n) is 3.14. The smallest absolute Gasteiger partial charge is 0.303 e. The van der Waals surface area contributed by atoms with Gasteiger partial charge in [0.2, 0.25) is 0 Å². The van der Waals surface area contributed by atoms with Crippen LogP contribution in [0.1, 0.15) is 47.2 Å². The maximum absolute atomic E-state index is 10.8. The minimum Gasteiger partial charge on any atom is -0.493 e. The van der Waals surface area contributed by atoms with Crippen LogP contribution < -0.4 is 4.74 Å². The number of benzene rings is 2. The molecule has 0 aliphatic carbocycles. The Morgan fingerprint density at radius 3 is 2.71 bits per heavy atom. The average molecular weight is 438 g/mol. The molecule has 1 unspecified atom stereocenters. The number of carboxylic acid groups (broad SMARTS) is 1. The minimum absolute atomic E-state index is 0.0960. The number of ether oxygens (including phenoxy) is 1. The number of allylic oxidation sites excluding steroid dienone is 1. The van der Waals surface area contributed by atoms with Crippen LogP contribution in [0.3, 0.4) is 0 Å². The zero-order valence-corrected chi connectivity index (χ0v) is 18.1. The van der Waals surface area contributed by atoms with E-state index < -0.39 is 12.1 Å². The van der Waals surface area contributed by atoms with Gasteiger partial charge < -0.3 is 14.9 Å². The number of unbranched alkanes of at least 4 members (excludes halogenated alkanes) is 1. The number of nitrogens with zero attached hydrogens (tertiary/aromatic N) is 1. The van der Waals surface area contributed by atoms with E-state index in [1.807, 2.05) is 66.1 Å². The summed E-state index contributed by atoms with van der Waals surface area (Å²) in [7, 11) is 0. The third-order valence-electron chi connectivity index (χ3n) is 4.74. The van der Waals surface area contributed by atoms with Crippen LogP contribution in [-0.4, -0.2) is 27.8 Å². The first-order chi connectivity index (χ1) is 15.1. The maximum Gasteiger partial charge on any atom is 0.303 e. The molecule has 0 bridgehead atoms. The molecule has 2 aromatic carbocycles. The molecule has 0 fully saturated rings.